The number of hydrogen-bond acceptors (Lipinski definition) is 5. The lowest BCUT2D eigenvalue weighted by molar-refractivity contribution is 0.0752. The summed E-state index contributed by atoms with van der Waals surface area (Å²) >= 11 is 1.53. The fourth-order valence-electron chi connectivity index (χ4n) is 2.65. The molecule has 6 heteroatoms. The molecule has 0 aliphatic rings. The van der Waals surface area contributed by atoms with Crippen molar-refractivity contribution in [2.24, 2.45) is 0 Å². The molecule has 0 atom stereocenters. The first-order valence-corrected chi connectivity index (χ1v) is 9.66. The van der Waals surface area contributed by atoms with Gasteiger partial charge in [-0.2, -0.15) is 0 Å². The van der Waals surface area contributed by atoms with Crippen molar-refractivity contribution in [3.8, 4) is 11.5 Å². The number of nitrogens with zero attached hydrogens (tertiary/aromatic N) is 2. The number of aromatic nitrogens is 1. The van der Waals surface area contributed by atoms with E-state index in [4.69, 9.17) is 9.47 Å². The van der Waals surface area contributed by atoms with Crippen molar-refractivity contribution >= 4 is 17.2 Å². The lowest BCUT2D eigenvalue weighted by Gasteiger charge is -2.21. The zero-order valence-electron chi connectivity index (χ0n) is 15.4. The number of methoxy groups -OCH3 is 1. The van der Waals surface area contributed by atoms with Gasteiger partial charge in [0.15, 0.2) is 0 Å². The molecule has 0 saturated carbocycles. The molecular formula is C21H22N2O3S. The maximum Gasteiger partial charge on any atom is 0.254 e. The van der Waals surface area contributed by atoms with Crippen molar-refractivity contribution in [2.45, 2.75) is 20.1 Å². The number of thiazole rings is 1. The summed E-state index contributed by atoms with van der Waals surface area (Å²) in [6, 6.07) is 15.0. The first kappa shape index (κ1) is 18.9. The Labute approximate surface area is 163 Å². The highest BCUT2D eigenvalue weighted by atomic mass is 32.1. The molecule has 27 heavy (non-hydrogen) atoms. The first-order valence-electron chi connectivity index (χ1n) is 8.71. The van der Waals surface area contributed by atoms with E-state index in [1.165, 1.54) is 11.3 Å². The summed E-state index contributed by atoms with van der Waals surface area (Å²) in [5, 5.41) is 1.95. The summed E-state index contributed by atoms with van der Waals surface area (Å²) in [4.78, 5) is 18.9. The van der Waals surface area contributed by atoms with Crippen LogP contribution in [0.1, 0.15) is 28.5 Å². The lowest BCUT2D eigenvalue weighted by atomic mass is 10.1. The summed E-state index contributed by atoms with van der Waals surface area (Å²) in [6.45, 7) is 3.53. The standard InChI is InChI=1S/C21H22N2O3S/c1-3-23(12-16-7-9-19(25-2)10-8-16)21(24)17-5-4-6-20(11-17)26-13-18-14-27-15-22-18/h4-11,14-15H,3,12-13H2,1-2H3. The van der Waals surface area contributed by atoms with E-state index in [9.17, 15) is 4.79 Å². The van der Waals surface area contributed by atoms with Gasteiger partial charge in [0.1, 0.15) is 18.1 Å². The molecule has 1 aromatic heterocycles. The van der Waals surface area contributed by atoms with E-state index in [-0.39, 0.29) is 5.91 Å². The molecule has 5 nitrogen and oxygen atoms in total. The Morgan fingerprint density at radius 1 is 1.15 bits per heavy atom. The molecule has 0 fully saturated rings. The second-order valence-corrected chi connectivity index (χ2v) is 6.68. The van der Waals surface area contributed by atoms with Gasteiger partial charge < -0.3 is 14.4 Å². The maximum atomic E-state index is 12.9. The Kier molecular flexibility index (Phi) is 6.44. The van der Waals surface area contributed by atoms with Crippen LogP contribution in [0.2, 0.25) is 0 Å². The number of hydrogen-bond donors (Lipinski definition) is 0. The van der Waals surface area contributed by atoms with Crippen LogP contribution < -0.4 is 9.47 Å². The van der Waals surface area contributed by atoms with E-state index < -0.39 is 0 Å². The van der Waals surface area contributed by atoms with E-state index >= 15 is 0 Å². The third-order valence-electron chi connectivity index (χ3n) is 4.15. The van der Waals surface area contributed by atoms with Crippen molar-refractivity contribution in [1.29, 1.82) is 0 Å². The van der Waals surface area contributed by atoms with E-state index in [2.05, 4.69) is 4.98 Å². The minimum absolute atomic E-state index is 0.0209. The molecule has 140 valence electrons. The molecule has 0 aliphatic carbocycles. The number of ether oxygens (including phenoxy) is 2. The molecular weight excluding hydrogens is 360 g/mol. The maximum absolute atomic E-state index is 12.9. The average Bonchev–Trinajstić information content (AvgIpc) is 3.24. The molecule has 3 aromatic rings. The highest BCUT2D eigenvalue weighted by Gasteiger charge is 2.15. The largest absolute Gasteiger partial charge is 0.497 e. The van der Waals surface area contributed by atoms with Crippen LogP contribution in [0, 0.1) is 0 Å². The minimum atomic E-state index is -0.0209. The summed E-state index contributed by atoms with van der Waals surface area (Å²) in [5.74, 6) is 1.44. The zero-order valence-corrected chi connectivity index (χ0v) is 16.2. The lowest BCUT2D eigenvalue weighted by Crippen LogP contribution is -2.30. The summed E-state index contributed by atoms with van der Waals surface area (Å²) in [7, 11) is 1.64. The van der Waals surface area contributed by atoms with Gasteiger partial charge in [0.25, 0.3) is 5.91 Å². The Bertz CT molecular complexity index is 863. The number of benzene rings is 2. The third kappa shape index (κ3) is 5.08. The highest BCUT2D eigenvalue weighted by Crippen LogP contribution is 2.19. The second kappa shape index (κ2) is 9.19. The predicted octanol–water partition coefficient (Wildman–Crippen LogP) is 4.39. The van der Waals surface area contributed by atoms with Crippen molar-refractivity contribution in [2.75, 3.05) is 13.7 Å². The Morgan fingerprint density at radius 3 is 2.63 bits per heavy atom. The normalized spacial score (nSPS) is 10.4. The van der Waals surface area contributed by atoms with Gasteiger partial charge in [0.05, 0.1) is 18.3 Å². The van der Waals surface area contributed by atoms with Gasteiger partial charge in [-0.15, -0.1) is 11.3 Å². The third-order valence-corrected chi connectivity index (χ3v) is 4.79. The average molecular weight is 382 g/mol. The van der Waals surface area contributed by atoms with Crippen LogP contribution in [0.4, 0.5) is 0 Å². The van der Waals surface area contributed by atoms with Crippen LogP contribution in [-0.2, 0) is 13.2 Å². The van der Waals surface area contributed by atoms with Crippen molar-refractivity contribution in [3.63, 3.8) is 0 Å². The van der Waals surface area contributed by atoms with Crippen molar-refractivity contribution in [3.05, 3.63) is 76.2 Å². The number of rotatable bonds is 8. The molecule has 0 aliphatic heterocycles. The molecule has 0 spiro atoms. The molecule has 2 aromatic carbocycles. The van der Waals surface area contributed by atoms with Crippen LogP contribution in [0.15, 0.2) is 59.4 Å². The van der Waals surface area contributed by atoms with Crippen LogP contribution in [0.5, 0.6) is 11.5 Å². The van der Waals surface area contributed by atoms with Gasteiger partial charge in [0.2, 0.25) is 0 Å². The Balaban J connectivity index is 1.67. The molecule has 3 rings (SSSR count). The van der Waals surface area contributed by atoms with Crippen molar-refractivity contribution < 1.29 is 14.3 Å². The fourth-order valence-corrected chi connectivity index (χ4v) is 3.19. The van der Waals surface area contributed by atoms with Gasteiger partial charge in [-0.05, 0) is 42.8 Å². The van der Waals surface area contributed by atoms with Crippen LogP contribution in [0.25, 0.3) is 0 Å². The van der Waals surface area contributed by atoms with E-state index in [1.54, 1.807) is 23.6 Å². The van der Waals surface area contributed by atoms with Crippen LogP contribution in [0.3, 0.4) is 0 Å². The number of carbonyl (C=O) groups is 1. The number of carbonyl (C=O) groups excluding carboxylic acids is 1. The smallest absolute Gasteiger partial charge is 0.254 e. The number of amides is 1. The van der Waals surface area contributed by atoms with Crippen LogP contribution >= 0.6 is 11.3 Å². The van der Waals surface area contributed by atoms with Gasteiger partial charge in [-0.3, -0.25) is 4.79 Å². The van der Waals surface area contributed by atoms with E-state index in [1.807, 2.05) is 54.8 Å². The van der Waals surface area contributed by atoms with Gasteiger partial charge in [-0.25, -0.2) is 4.98 Å². The summed E-state index contributed by atoms with van der Waals surface area (Å²) in [6.07, 6.45) is 0. The molecule has 0 bridgehead atoms. The minimum Gasteiger partial charge on any atom is -0.497 e. The Morgan fingerprint density at radius 2 is 1.96 bits per heavy atom. The molecule has 0 saturated heterocycles. The fraction of sp³-hybridized carbons (Fsp3) is 0.238. The molecule has 1 amide bonds. The SMILES string of the molecule is CCN(Cc1ccc(OC)cc1)C(=O)c1cccc(OCc2cscn2)c1. The molecule has 0 N–H and O–H groups in total. The van der Waals surface area contributed by atoms with Gasteiger partial charge in [-0.1, -0.05) is 18.2 Å². The van der Waals surface area contributed by atoms with Gasteiger partial charge in [0, 0.05) is 24.0 Å². The predicted molar refractivity (Wildman–Crippen MR) is 106 cm³/mol. The van der Waals surface area contributed by atoms with Gasteiger partial charge >= 0.3 is 0 Å². The van der Waals surface area contributed by atoms with Crippen LogP contribution in [-0.4, -0.2) is 29.4 Å². The molecule has 0 unspecified atom stereocenters. The zero-order chi connectivity index (χ0) is 19.1. The van der Waals surface area contributed by atoms with E-state index in [0.29, 0.717) is 31.0 Å². The quantitative estimate of drug-likeness (QED) is 0.580. The summed E-state index contributed by atoms with van der Waals surface area (Å²) in [5.41, 5.74) is 4.33. The second-order valence-electron chi connectivity index (χ2n) is 5.96. The molecule has 1 heterocycles. The summed E-state index contributed by atoms with van der Waals surface area (Å²) < 4.78 is 10.9. The monoisotopic (exact) mass is 382 g/mol. The Hall–Kier alpha value is -2.86. The molecule has 0 radical (unpaired) electrons. The highest BCUT2D eigenvalue weighted by molar-refractivity contribution is 7.07. The van der Waals surface area contributed by atoms with E-state index in [0.717, 1.165) is 17.0 Å². The van der Waals surface area contributed by atoms with Crippen molar-refractivity contribution in [1.82, 2.24) is 9.88 Å². The topological polar surface area (TPSA) is 51.7 Å². The first-order chi connectivity index (χ1) is 13.2.